The van der Waals surface area contributed by atoms with E-state index in [9.17, 15) is 14.3 Å². The predicted molar refractivity (Wildman–Crippen MR) is 75.8 cm³/mol. The topological polar surface area (TPSA) is 72.2 Å². The Kier molecular flexibility index (Phi) is 4.90. The van der Waals surface area contributed by atoms with Crippen molar-refractivity contribution in [3.63, 3.8) is 0 Å². The van der Waals surface area contributed by atoms with Crippen molar-refractivity contribution in [2.75, 3.05) is 11.5 Å². The van der Waals surface area contributed by atoms with E-state index in [0.29, 0.717) is 28.6 Å². The summed E-state index contributed by atoms with van der Waals surface area (Å²) in [5.41, 5.74) is 0.667. The van der Waals surface area contributed by atoms with Crippen LogP contribution in [0.2, 0.25) is 5.02 Å². The summed E-state index contributed by atoms with van der Waals surface area (Å²) in [5, 5.41) is 14.6. The monoisotopic (exact) mass is 302 g/mol. The maximum absolute atomic E-state index is 11.2. The SMILES string of the molecule is O=[N+]([O-])c1cc(Cl)ccc1CNC1CCS(=O)CC1. The van der Waals surface area contributed by atoms with Crippen molar-refractivity contribution in [2.45, 2.75) is 25.4 Å². The van der Waals surface area contributed by atoms with E-state index in [4.69, 9.17) is 11.6 Å². The van der Waals surface area contributed by atoms with Crippen molar-refractivity contribution in [1.29, 1.82) is 0 Å². The van der Waals surface area contributed by atoms with Gasteiger partial charge in [-0.05, 0) is 25.0 Å². The molecule has 1 N–H and O–H groups in total. The molecule has 1 aromatic carbocycles. The Hall–Kier alpha value is -0.980. The molecule has 19 heavy (non-hydrogen) atoms. The van der Waals surface area contributed by atoms with Crippen molar-refractivity contribution in [1.82, 2.24) is 5.32 Å². The number of nitro benzene ring substituents is 1. The largest absolute Gasteiger partial charge is 0.310 e. The molecule has 0 amide bonds. The minimum absolute atomic E-state index is 0.0411. The van der Waals surface area contributed by atoms with E-state index in [1.165, 1.54) is 6.07 Å². The standard InChI is InChI=1S/C12H15ClN2O3S/c13-10-2-1-9(12(7-10)15(16)17)8-14-11-3-5-19(18)6-4-11/h1-2,7,11,14H,3-6,8H2. The van der Waals surface area contributed by atoms with Crippen molar-refractivity contribution < 1.29 is 9.13 Å². The third-order valence-electron chi connectivity index (χ3n) is 3.21. The lowest BCUT2D eigenvalue weighted by Crippen LogP contribution is -2.35. The Balaban J connectivity index is 1.99. The fourth-order valence-electron chi connectivity index (χ4n) is 2.11. The molecule has 1 saturated heterocycles. The van der Waals surface area contributed by atoms with E-state index in [-0.39, 0.29) is 11.7 Å². The molecule has 0 bridgehead atoms. The molecule has 0 unspecified atom stereocenters. The summed E-state index contributed by atoms with van der Waals surface area (Å²) in [6, 6.07) is 4.98. The quantitative estimate of drug-likeness (QED) is 0.684. The van der Waals surface area contributed by atoms with Gasteiger partial charge in [-0.15, -0.1) is 0 Å². The van der Waals surface area contributed by atoms with E-state index < -0.39 is 15.7 Å². The van der Waals surface area contributed by atoms with Crippen LogP contribution in [0.3, 0.4) is 0 Å². The maximum atomic E-state index is 11.2. The molecule has 2 rings (SSSR count). The third-order valence-corrected chi connectivity index (χ3v) is 4.83. The molecule has 0 atom stereocenters. The Morgan fingerprint density at radius 1 is 1.42 bits per heavy atom. The first-order chi connectivity index (χ1) is 9.06. The van der Waals surface area contributed by atoms with Crippen LogP contribution >= 0.6 is 11.6 Å². The highest BCUT2D eigenvalue weighted by Gasteiger charge is 2.19. The van der Waals surface area contributed by atoms with Gasteiger partial charge in [-0.3, -0.25) is 14.3 Å². The van der Waals surface area contributed by atoms with Crippen LogP contribution in [-0.2, 0) is 17.3 Å². The lowest BCUT2D eigenvalue weighted by atomic mass is 10.1. The highest BCUT2D eigenvalue weighted by atomic mass is 35.5. The molecular weight excluding hydrogens is 288 g/mol. The molecule has 0 spiro atoms. The molecule has 104 valence electrons. The van der Waals surface area contributed by atoms with Crippen LogP contribution in [0.25, 0.3) is 0 Å². The normalized spacial score (nSPS) is 23.2. The van der Waals surface area contributed by atoms with Crippen LogP contribution in [0.15, 0.2) is 18.2 Å². The van der Waals surface area contributed by atoms with Crippen molar-refractivity contribution in [3.05, 3.63) is 38.9 Å². The summed E-state index contributed by atoms with van der Waals surface area (Å²) in [4.78, 5) is 10.5. The Morgan fingerprint density at radius 3 is 2.74 bits per heavy atom. The molecule has 5 nitrogen and oxygen atoms in total. The number of nitrogens with one attached hydrogen (secondary N) is 1. The number of hydrogen-bond donors (Lipinski definition) is 1. The highest BCUT2D eigenvalue weighted by Crippen LogP contribution is 2.23. The van der Waals surface area contributed by atoms with Crippen molar-refractivity contribution in [3.8, 4) is 0 Å². The molecule has 1 aliphatic heterocycles. The second kappa shape index (κ2) is 6.45. The minimum atomic E-state index is -0.689. The van der Waals surface area contributed by atoms with Gasteiger partial charge in [0.05, 0.1) is 4.92 Å². The molecule has 7 heteroatoms. The summed E-state index contributed by atoms with van der Waals surface area (Å²) in [7, 11) is -0.689. The van der Waals surface area contributed by atoms with Gasteiger partial charge in [0.25, 0.3) is 5.69 Å². The summed E-state index contributed by atoms with van der Waals surface area (Å²) >= 11 is 5.77. The lowest BCUT2D eigenvalue weighted by Gasteiger charge is -2.22. The van der Waals surface area contributed by atoms with Crippen LogP contribution in [0.1, 0.15) is 18.4 Å². The van der Waals surface area contributed by atoms with E-state index in [1.54, 1.807) is 12.1 Å². The fraction of sp³-hybridized carbons (Fsp3) is 0.500. The molecule has 0 aromatic heterocycles. The zero-order chi connectivity index (χ0) is 13.8. The van der Waals surface area contributed by atoms with Gasteiger partial charge in [-0.25, -0.2) is 0 Å². The van der Waals surface area contributed by atoms with Gasteiger partial charge in [0.2, 0.25) is 0 Å². The number of nitro groups is 1. The second-order valence-corrected chi connectivity index (χ2v) is 6.67. The zero-order valence-electron chi connectivity index (χ0n) is 10.3. The minimum Gasteiger partial charge on any atom is -0.310 e. The van der Waals surface area contributed by atoms with E-state index in [0.717, 1.165) is 12.8 Å². The first-order valence-electron chi connectivity index (χ1n) is 6.07. The van der Waals surface area contributed by atoms with Gasteiger partial charge >= 0.3 is 0 Å². The Labute approximate surface area is 118 Å². The molecule has 0 radical (unpaired) electrons. The van der Waals surface area contributed by atoms with Gasteiger partial charge in [-0.1, -0.05) is 11.6 Å². The molecular formula is C12H15ClN2O3S. The summed E-state index contributed by atoms with van der Waals surface area (Å²) in [6.45, 7) is 0.435. The Bertz CT molecular complexity index is 500. The third kappa shape index (κ3) is 3.99. The highest BCUT2D eigenvalue weighted by molar-refractivity contribution is 7.85. The average molecular weight is 303 g/mol. The van der Waals surface area contributed by atoms with Crippen molar-refractivity contribution in [2.24, 2.45) is 0 Å². The predicted octanol–water partition coefficient (Wildman–Crippen LogP) is 2.25. The molecule has 1 aliphatic rings. The van der Waals surface area contributed by atoms with Crippen LogP contribution < -0.4 is 5.32 Å². The van der Waals surface area contributed by atoms with E-state index in [2.05, 4.69) is 5.32 Å². The van der Waals surface area contributed by atoms with Gasteiger partial charge in [0.15, 0.2) is 0 Å². The second-order valence-electron chi connectivity index (χ2n) is 4.53. The van der Waals surface area contributed by atoms with E-state index in [1.807, 2.05) is 0 Å². The Morgan fingerprint density at radius 2 is 2.11 bits per heavy atom. The number of halogens is 1. The van der Waals surface area contributed by atoms with Crippen LogP contribution in [-0.4, -0.2) is 26.7 Å². The zero-order valence-corrected chi connectivity index (χ0v) is 11.9. The van der Waals surface area contributed by atoms with Crippen molar-refractivity contribution >= 4 is 28.1 Å². The lowest BCUT2D eigenvalue weighted by molar-refractivity contribution is -0.385. The average Bonchev–Trinajstić information content (AvgIpc) is 2.39. The first kappa shape index (κ1) is 14.4. The fourth-order valence-corrected chi connectivity index (χ4v) is 3.57. The van der Waals surface area contributed by atoms with Crippen LogP contribution in [0, 0.1) is 10.1 Å². The van der Waals surface area contributed by atoms with Crippen LogP contribution in [0.4, 0.5) is 5.69 Å². The van der Waals surface area contributed by atoms with Gasteiger partial charge < -0.3 is 5.32 Å². The number of benzene rings is 1. The van der Waals surface area contributed by atoms with Crippen LogP contribution in [0.5, 0.6) is 0 Å². The molecule has 0 aliphatic carbocycles. The maximum Gasteiger partial charge on any atom is 0.275 e. The van der Waals surface area contributed by atoms with Gasteiger partial charge in [0, 0.05) is 51.5 Å². The molecule has 0 saturated carbocycles. The molecule has 1 aromatic rings. The summed E-state index contributed by atoms with van der Waals surface area (Å²) in [5.74, 6) is 1.42. The number of hydrogen-bond acceptors (Lipinski definition) is 4. The summed E-state index contributed by atoms with van der Waals surface area (Å²) in [6.07, 6.45) is 1.71. The summed E-state index contributed by atoms with van der Waals surface area (Å²) < 4.78 is 11.2. The first-order valence-corrected chi connectivity index (χ1v) is 7.94. The van der Waals surface area contributed by atoms with E-state index >= 15 is 0 Å². The number of nitrogens with zero attached hydrogens (tertiary/aromatic N) is 1. The van der Waals surface area contributed by atoms with Gasteiger partial charge in [-0.2, -0.15) is 0 Å². The molecule has 1 heterocycles. The molecule has 1 fully saturated rings. The smallest absolute Gasteiger partial charge is 0.275 e. The number of rotatable bonds is 4. The van der Waals surface area contributed by atoms with Gasteiger partial charge in [0.1, 0.15) is 0 Å².